The number of carbonyl (C=O) groups excluding carboxylic acids is 1. The number of aromatic nitrogens is 1. The molecule has 28 heavy (non-hydrogen) atoms. The molecule has 0 bridgehead atoms. The summed E-state index contributed by atoms with van der Waals surface area (Å²) in [5.74, 6) is -2.93. The van der Waals surface area contributed by atoms with Crippen LogP contribution in [0.4, 0.5) is 18.9 Å². The van der Waals surface area contributed by atoms with Crippen molar-refractivity contribution in [2.24, 2.45) is 0 Å². The van der Waals surface area contributed by atoms with Crippen molar-refractivity contribution in [3.63, 3.8) is 0 Å². The molecule has 0 aliphatic heterocycles. The van der Waals surface area contributed by atoms with Crippen molar-refractivity contribution in [3.8, 4) is 11.3 Å². The summed E-state index contributed by atoms with van der Waals surface area (Å²) in [6.07, 6.45) is -3.61. The smallest absolute Gasteiger partial charge is 0.417 e. The fourth-order valence-corrected chi connectivity index (χ4v) is 2.79. The van der Waals surface area contributed by atoms with E-state index in [9.17, 15) is 27.9 Å². The van der Waals surface area contributed by atoms with Crippen molar-refractivity contribution in [2.75, 3.05) is 5.32 Å². The molecule has 3 aromatic rings. The molecule has 144 valence electrons. The first kappa shape index (κ1) is 19.6. The van der Waals surface area contributed by atoms with Gasteiger partial charge in [-0.1, -0.05) is 34.1 Å². The van der Waals surface area contributed by atoms with E-state index >= 15 is 0 Å². The van der Waals surface area contributed by atoms with Gasteiger partial charge in [0, 0.05) is 10.0 Å². The Morgan fingerprint density at radius 1 is 1.14 bits per heavy atom. The Morgan fingerprint density at radius 2 is 1.86 bits per heavy atom. The third kappa shape index (κ3) is 4.06. The van der Waals surface area contributed by atoms with Crippen molar-refractivity contribution in [1.82, 2.24) is 4.98 Å². The number of benzene rings is 2. The summed E-state index contributed by atoms with van der Waals surface area (Å²) < 4.78 is 45.1. The van der Waals surface area contributed by atoms with Crippen LogP contribution in [-0.4, -0.2) is 22.0 Å². The molecule has 0 aliphatic carbocycles. The first-order valence-electron chi connectivity index (χ1n) is 7.63. The standard InChI is InChI=1S/C18H10BrF3N2O4/c19-9-5-6-13(11(7-9)17(26)27)24-15(25)16-23-8-14(28-16)10-3-1-2-4-12(10)18(20,21)22/h1-8H,(H,24,25)(H,26,27). The van der Waals surface area contributed by atoms with Crippen LogP contribution in [0.5, 0.6) is 0 Å². The SMILES string of the molecule is O=C(Nc1ccc(Br)cc1C(=O)O)c1ncc(-c2ccccc2C(F)(F)F)o1. The fraction of sp³-hybridized carbons (Fsp3) is 0.0556. The van der Waals surface area contributed by atoms with Gasteiger partial charge < -0.3 is 14.8 Å². The Morgan fingerprint density at radius 3 is 2.54 bits per heavy atom. The van der Waals surface area contributed by atoms with Crippen molar-refractivity contribution in [1.29, 1.82) is 0 Å². The largest absolute Gasteiger partial charge is 0.478 e. The zero-order valence-corrected chi connectivity index (χ0v) is 15.3. The van der Waals surface area contributed by atoms with E-state index in [-0.39, 0.29) is 22.6 Å². The average Bonchev–Trinajstić information content (AvgIpc) is 3.12. The topological polar surface area (TPSA) is 92.4 Å². The first-order chi connectivity index (χ1) is 13.2. The van der Waals surface area contributed by atoms with Crippen LogP contribution in [-0.2, 0) is 6.18 Å². The lowest BCUT2D eigenvalue weighted by Crippen LogP contribution is -2.15. The predicted molar refractivity (Wildman–Crippen MR) is 96.0 cm³/mol. The molecule has 1 heterocycles. The minimum atomic E-state index is -4.61. The number of hydrogen-bond acceptors (Lipinski definition) is 4. The number of alkyl halides is 3. The Kier molecular flexibility index (Phi) is 5.23. The summed E-state index contributed by atoms with van der Waals surface area (Å²) in [7, 11) is 0. The van der Waals surface area contributed by atoms with Crippen LogP contribution < -0.4 is 5.32 Å². The van der Waals surface area contributed by atoms with Crippen molar-refractivity contribution < 1.29 is 32.3 Å². The molecule has 1 amide bonds. The van der Waals surface area contributed by atoms with E-state index in [1.165, 1.54) is 36.4 Å². The number of oxazole rings is 1. The number of hydrogen-bond donors (Lipinski definition) is 2. The molecule has 0 radical (unpaired) electrons. The van der Waals surface area contributed by atoms with Crippen LogP contribution in [0.1, 0.15) is 26.6 Å². The zero-order chi connectivity index (χ0) is 20.5. The third-order valence-electron chi connectivity index (χ3n) is 3.66. The molecule has 0 aliphatic rings. The lowest BCUT2D eigenvalue weighted by atomic mass is 10.1. The maximum Gasteiger partial charge on any atom is 0.417 e. The molecule has 10 heteroatoms. The van der Waals surface area contributed by atoms with Gasteiger partial charge >= 0.3 is 18.1 Å². The fourth-order valence-electron chi connectivity index (χ4n) is 2.43. The molecule has 0 saturated carbocycles. The third-order valence-corrected chi connectivity index (χ3v) is 4.15. The number of carbonyl (C=O) groups is 2. The molecule has 1 aromatic heterocycles. The Balaban J connectivity index is 1.90. The molecule has 3 rings (SSSR count). The van der Waals surface area contributed by atoms with Gasteiger partial charge in [-0.3, -0.25) is 4.79 Å². The highest BCUT2D eigenvalue weighted by atomic mass is 79.9. The summed E-state index contributed by atoms with van der Waals surface area (Å²) in [5, 5.41) is 11.5. The maximum absolute atomic E-state index is 13.1. The number of anilines is 1. The second kappa shape index (κ2) is 7.47. The molecule has 0 saturated heterocycles. The van der Waals surface area contributed by atoms with Gasteiger partial charge in [-0.25, -0.2) is 9.78 Å². The van der Waals surface area contributed by atoms with Gasteiger partial charge in [0.05, 0.1) is 23.0 Å². The quantitative estimate of drug-likeness (QED) is 0.573. The highest BCUT2D eigenvalue weighted by Gasteiger charge is 2.34. The van der Waals surface area contributed by atoms with Crippen LogP contribution in [0.25, 0.3) is 11.3 Å². The van der Waals surface area contributed by atoms with E-state index < -0.39 is 29.5 Å². The van der Waals surface area contributed by atoms with E-state index in [2.05, 4.69) is 26.2 Å². The number of nitrogens with one attached hydrogen (secondary N) is 1. The van der Waals surface area contributed by atoms with Gasteiger partial charge in [0.25, 0.3) is 5.89 Å². The number of nitrogens with zero attached hydrogens (tertiary/aromatic N) is 1. The number of aromatic carboxylic acids is 1. The summed E-state index contributed by atoms with van der Waals surface area (Å²) in [6, 6.07) is 8.88. The maximum atomic E-state index is 13.1. The second-order valence-electron chi connectivity index (χ2n) is 5.52. The summed E-state index contributed by atoms with van der Waals surface area (Å²) in [6.45, 7) is 0. The van der Waals surface area contributed by atoms with E-state index in [4.69, 9.17) is 4.42 Å². The van der Waals surface area contributed by atoms with Crippen LogP contribution >= 0.6 is 15.9 Å². The van der Waals surface area contributed by atoms with Crippen LogP contribution in [0, 0.1) is 0 Å². The number of carboxylic acids is 1. The number of amides is 1. The Labute approximate surface area is 164 Å². The minimum absolute atomic E-state index is 0.0175. The molecule has 0 spiro atoms. The van der Waals surface area contributed by atoms with Crippen LogP contribution in [0.15, 0.2) is 57.6 Å². The van der Waals surface area contributed by atoms with Crippen molar-refractivity contribution in [3.05, 3.63) is 70.2 Å². The van der Waals surface area contributed by atoms with Gasteiger partial charge in [0.1, 0.15) is 0 Å². The van der Waals surface area contributed by atoms with Gasteiger partial charge in [0.2, 0.25) is 0 Å². The number of halogens is 4. The molecular weight excluding hydrogens is 445 g/mol. The van der Waals surface area contributed by atoms with E-state index in [0.29, 0.717) is 4.47 Å². The van der Waals surface area contributed by atoms with Crippen LogP contribution in [0.3, 0.4) is 0 Å². The summed E-state index contributed by atoms with van der Waals surface area (Å²) >= 11 is 3.13. The Hall–Kier alpha value is -3.14. The molecular formula is C18H10BrF3N2O4. The Bertz CT molecular complexity index is 1060. The lowest BCUT2D eigenvalue weighted by Gasteiger charge is -2.10. The molecule has 6 nitrogen and oxygen atoms in total. The van der Waals surface area contributed by atoms with Gasteiger partial charge in [-0.05, 0) is 24.3 Å². The van der Waals surface area contributed by atoms with Gasteiger partial charge in [0.15, 0.2) is 5.76 Å². The highest BCUT2D eigenvalue weighted by Crippen LogP contribution is 2.37. The normalized spacial score (nSPS) is 11.3. The number of rotatable bonds is 4. The monoisotopic (exact) mass is 454 g/mol. The molecule has 0 fully saturated rings. The molecule has 0 unspecified atom stereocenters. The van der Waals surface area contributed by atoms with Crippen molar-refractivity contribution in [2.45, 2.75) is 6.18 Å². The van der Waals surface area contributed by atoms with E-state index in [0.717, 1.165) is 12.3 Å². The predicted octanol–water partition coefficient (Wildman–Crippen LogP) is 5.07. The van der Waals surface area contributed by atoms with Crippen molar-refractivity contribution >= 4 is 33.5 Å². The van der Waals surface area contributed by atoms with E-state index in [1.807, 2.05) is 0 Å². The lowest BCUT2D eigenvalue weighted by molar-refractivity contribution is -0.137. The zero-order valence-electron chi connectivity index (χ0n) is 13.7. The first-order valence-corrected chi connectivity index (χ1v) is 8.42. The van der Waals surface area contributed by atoms with Gasteiger partial charge in [-0.15, -0.1) is 0 Å². The molecule has 2 N–H and O–H groups in total. The minimum Gasteiger partial charge on any atom is -0.478 e. The number of carboxylic acid groups (broad SMARTS) is 1. The molecule has 0 atom stereocenters. The summed E-state index contributed by atoms with van der Waals surface area (Å²) in [5.41, 5.74) is -1.40. The van der Waals surface area contributed by atoms with Gasteiger partial charge in [-0.2, -0.15) is 13.2 Å². The average molecular weight is 455 g/mol. The second-order valence-corrected chi connectivity index (χ2v) is 6.44. The highest BCUT2D eigenvalue weighted by molar-refractivity contribution is 9.10. The van der Waals surface area contributed by atoms with E-state index in [1.54, 1.807) is 0 Å². The summed E-state index contributed by atoms with van der Waals surface area (Å²) in [4.78, 5) is 27.3. The molecule has 2 aromatic carbocycles. The van der Waals surface area contributed by atoms with Crippen LogP contribution in [0.2, 0.25) is 0 Å².